The summed E-state index contributed by atoms with van der Waals surface area (Å²) in [6.45, 7) is 3.52. The third kappa shape index (κ3) is 4.97. The largest absolute Gasteiger partial charge is 0.392 e. The van der Waals surface area contributed by atoms with Gasteiger partial charge in [-0.1, -0.05) is 12.1 Å². The lowest BCUT2D eigenvalue weighted by molar-refractivity contribution is -0.0611. The molecule has 40 heavy (non-hydrogen) atoms. The predicted molar refractivity (Wildman–Crippen MR) is 145 cm³/mol. The van der Waals surface area contributed by atoms with E-state index in [-0.39, 0.29) is 16.5 Å². The van der Waals surface area contributed by atoms with Crippen LogP contribution in [0.5, 0.6) is 0 Å². The lowest BCUT2D eigenvalue weighted by Crippen LogP contribution is -2.49. The Balaban J connectivity index is 1.39. The number of ether oxygens (including phenoxy) is 1. The number of hydrogen-bond donors (Lipinski definition) is 1. The number of aliphatic hydroxyl groups is 1. The Kier molecular flexibility index (Phi) is 6.84. The van der Waals surface area contributed by atoms with Crippen LogP contribution in [0.15, 0.2) is 53.8 Å². The second kappa shape index (κ2) is 10.2. The molecule has 0 aliphatic carbocycles. The molecule has 2 aliphatic heterocycles. The molecule has 11 heteroatoms. The first-order chi connectivity index (χ1) is 19.1. The molecule has 1 aromatic carbocycles. The molecule has 0 bridgehead atoms. The first kappa shape index (κ1) is 26.8. The zero-order valence-electron chi connectivity index (χ0n) is 22.8. The van der Waals surface area contributed by atoms with Crippen molar-refractivity contribution >= 4 is 5.52 Å². The number of alkyl halides is 2. The molecule has 6 rings (SSSR count). The van der Waals surface area contributed by atoms with Crippen molar-refractivity contribution in [2.45, 2.75) is 56.6 Å². The highest BCUT2D eigenvalue weighted by atomic mass is 19.3. The van der Waals surface area contributed by atoms with Gasteiger partial charge in [0.05, 0.1) is 30.5 Å². The second-order valence-electron chi connectivity index (χ2n) is 11.4. The number of nitrogens with zero attached hydrogens (tertiary/aromatic N) is 6. The van der Waals surface area contributed by atoms with Crippen LogP contribution < -0.4 is 5.69 Å². The minimum Gasteiger partial charge on any atom is -0.392 e. The van der Waals surface area contributed by atoms with Crippen LogP contribution in [0.2, 0.25) is 0 Å². The van der Waals surface area contributed by atoms with E-state index in [1.165, 1.54) is 21.2 Å². The molecule has 0 unspecified atom stereocenters. The van der Waals surface area contributed by atoms with Crippen molar-refractivity contribution in [2.75, 3.05) is 26.3 Å². The fourth-order valence-electron chi connectivity index (χ4n) is 5.94. The maximum Gasteiger partial charge on any atom is 0.337 e. The Hall–Kier alpha value is -3.41. The van der Waals surface area contributed by atoms with E-state index in [1.54, 1.807) is 12.5 Å². The summed E-state index contributed by atoms with van der Waals surface area (Å²) in [5.74, 6) is -2.32. The highest BCUT2D eigenvalue weighted by Gasteiger charge is 2.42. The van der Waals surface area contributed by atoms with E-state index in [9.17, 15) is 18.7 Å². The Morgan fingerprint density at radius 2 is 2.02 bits per heavy atom. The van der Waals surface area contributed by atoms with Gasteiger partial charge in [-0.2, -0.15) is 0 Å². The Bertz CT molecular complexity index is 1580. The zero-order valence-corrected chi connectivity index (χ0v) is 22.8. The van der Waals surface area contributed by atoms with Crippen molar-refractivity contribution in [3.8, 4) is 5.69 Å². The summed E-state index contributed by atoms with van der Waals surface area (Å²) in [6, 6.07) is 9.12. The van der Waals surface area contributed by atoms with Crippen LogP contribution in [0.3, 0.4) is 0 Å². The predicted octanol–water partition coefficient (Wildman–Crippen LogP) is 3.19. The standard InChI is InChI=1S/C29H34F2N6O3/c1-28(30,31)24-10-20(13-35-9-4-3-8-23(38)15-35)14-37-25(24)16-36(27(37)39)22-7-5-6-21(11-22)29(17-40-18-29)12-26-33-32-19-34(26)2/h5-7,10-11,14,16,19,23,38H,3-4,8-9,12-13,15,17-18H2,1-2H3/t23-/m0/s1. The van der Waals surface area contributed by atoms with Crippen molar-refractivity contribution < 1.29 is 18.6 Å². The third-order valence-electron chi connectivity index (χ3n) is 8.23. The molecule has 2 fully saturated rings. The van der Waals surface area contributed by atoms with Gasteiger partial charge < -0.3 is 14.4 Å². The minimum absolute atomic E-state index is 0.170. The first-order valence-electron chi connectivity index (χ1n) is 13.7. The average molecular weight is 553 g/mol. The van der Waals surface area contributed by atoms with Gasteiger partial charge >= 0.3 is 5.69 Å². The van der Waals surface area contributed by atoms with E-state index in [0.717, 1.165) is 44.1 Å². The number of aromatic nitrogens is 5. The molecule has 2 aliphatic rings. The van der Waals surface area contributed by atoms with Crippen LogP contribution >= 0.6 is 0 Å². The van der Waals surface area contributed by atoms with E-state index in [4.69, 9.17) is 4.74 Å². The van der Waals surface area contributed by atoms with Gasteiger partial charge in [-0.25, -0.2) is 13.6 Å². The molecule has 5 heterocycles. The maximum absolute atomic E-state index is 14.9. The summed E-state index contributed by atoms with van der Waals surface area (Å²) in [6.07, 6.45) is 7.61. The molecule has 1 N–H and O–H groups in total. The van der Waals surface area contributed by atoms with Crippen LogP contribution in [-0.4, -0.2) is 66.1 Å². The van der Waals surface area contributed by atoms with Crippen LogP contribution in [0, 0.1) is 0 Å². The molecule has 1 atom stereocenters. The normalized spacial score (nSPS) is 20.0. The topological polar surface area (TPSA) is 89.8 Å². The molecular weight excluding hydrogens is 518 g/mol. The number of aliphatic hydroxyl groups excluding tert-OH is 1. The molecule has 4 aromatic rings. The van der Waals surface area contributed by atoms with E-state index in [0.29, 0.717) is 44.0 Å². The van der Waals surface area contributed by atoms with E-state index < -0.39 is 17.7 Å². The van der Waals surface area contributed by atoms with Gasteiger partial charge in [0.2, 0.25) is 0 Å². The third-order valence-corrected chi connectivity index (χ3v) is 8.23. The lowest BCUT2D eigenvalue weighted by Gasteiger charge is -2.41. The van der Waals surface area contributed by atoms with Crippen LogP contribution in [0.25, 0.3) is 11.2 Å². The number of rotatable bonds is 7. The van der Waals surface area contributed by atoms with Gasteiger partial charge in [-0.3, -0.25) is 13.9 Å². The van der Waals surface area contributed by atoms with Crippen molar-refractivity contribution in [1.82, 2.24) is 28.6 Å². The van der Waals surface area contributed by atoms with Crippen molar-refractivity contribution in [3.63, 3.8) is 0 Å². The van der Waals surface area contributed by atoms with E-state index in [2.05, 4.69) is 15.1 Å². The number of hydrogen-bond acceptors (Lipinski definition) is 6. The van der Waals surface area contributed by atoms with Crippen molar-refractivity contribution in [3.05, 3.63) is 82.1 Å². The SMILES string of the molecule is Cn1cnnc1CC1(c2cccc(-n3cc4c(C(C)(F)F)cc(CN5CCCC[C@H](O)C5)cn4c3=O)c2)COC1. The summed E-state index contributed by atoms with van der Waals surface area (Å²) in [7, 11) is 1.90. The number of imidazole rings is 1. The van der Waals surface area contributed by atoms with Crippen molar-refractivity contribution in [1.29, 1.82) is 0 Å². The first-order valence-corrected chi connectivity index (χ1v) is 13.7. The highest BCUT2D eigenvalue weighted by molar-refractivity contribution is 5.58. The number of aryl methyl sites for hydroxylation is 1. The monoisotopic (exact) mass is 552 g/mol. The van der Waals surface area contributed by atoms with Crippen LogP contribution in [-0.2, 0) is 36.1 Å². The molecule has 0 radical (unpaired) electrons. The molecule has 2 saturated heterocycles. The van der Waals surface area contributed by atoms with Gasteiger partial charge in [-0.05, 0) is 55.1 Å². The van der Waals surface area contributed by atoms with Crippen LogP contribution in [0.4, 0.5) is 8.78 Å². The summed E-state index contributed by atoms with van der Waals surface area (Å²) in [5.41, 5.74) is 1.44. The summed E-state index contributed by atoms with van der Waals surface area (Å²) >= 11 is 0. The molecule has 212 valence electrons. The number of benzene rings is 1. The van der Waals surface area contributed by atoms with Gasteiger partial charge in [0.25, 0.3) is 5.92 Å². The van der Waals surface area contributed by atoms with Crippen LogP contribution in [0.1, 0.15) is 48.7 Å². The Morgan fingerprint density at radius 1 is 1.20 bits per heavy atom. The second-order valence-corrected chi connectivity index (χ2v) is 11.4. The lowest BCUT2D eigenvalue weighted by atomic mass is 9.75. The molecule has 9 nitrogen and oxygen atoms in total. The summed E-state index contributed by atoms with van der Waals surface area (Å²) < 4.78 is 40.0. The van der Waals surface area contributed by atoms with Gasteiger partial charge in [0.15, 0.2) is 0 Å². The van der Waals surface area contributed by atoms with Gasteiger partial charge in [-0.15, -0.1) is 10.2 Å². The Labute approximate surface area is 230 Å². The van der Waals surface area contributed by atoms with Gasteiger partial charge in [0.1, 0.15) is 12.2 Å². The summed E-state index contributed by atoms with van der Waals surface area (Å²) in [4.78, 5) is 15.8. The molecule has 3 aromatic heterocycles. The molecule has 0 saturated carbocycles. The number of halogens is 2. The average Bonchev–Trinajstić information content (AvgIpc) is 3.37. The number of β-amino-alcohol motifs (C(OH)–C–C–N with tert-alkyl or cyclic N) is 1. The fourth-order valence-corrected chi connectivity index (χ4v) is 5.94. The van der Waals surface area contributed by atoms with E-state index in [1.807, 2.05) is 35.9 Å². The number of pyridine rings is 1. The Morgan fingerprint density at radius 3 is 2.73 bits per heavy atom. The zero-order chi connectivity index (χ0) is 28.1. The highest BCUT2D eigenvalue weighted by Crippen LogP contribution is 2.37. The quantitative estimate of drug-likeness (QED) is 0.379. The smallest absolute Gasteiger partial charge is 0.337 e. The fraction of sp³-hybridized carbons (Fsp3) is 0.483. The summed E-state index contributed by atoms with van der Waals surface area (Å²) in [5, 5.41) is 18.4. The van der Waals surface area contributed by atoms with Gasteiger partial charge in [0, 0.05) is 56.9 Å². The molecule has 0 amide bonds. The number of fused-ring (bicyclic) bond motifs is 1. The molecule has 0 spiro atoms. The number of likely N-dealkylation sites (tertiary alicyclic amines) is 1. The maximum atomic E-state index is 14.9. The van der Waals surface area contributed by atoms with Crippen molar-refractivity contribution in [2.24, 2.45) is 7.05 Å². The minimum atomic E-state index is -3.15. The molecular formula is C29H34F2N6O3. The van der Waals surface area contributed by atoms with E-state index >= 15 is 0 Å².